The van der Waals surface area contributed by atoms with Crippen LogP contribution in [0.2, 0.25) is 0 Å². The fraction of sp³-hybridized carbons (Fsp3) is 0.263. The molecule has 0 radical (unpaired) electrons. The molecule has 130 valence electrons. The molecule has 0 aromatic heterocycles. The van der Waals surface area contributed by atoms with Gasteiger partial charge in [0, 0.05) is 30.0 Å². The van der Waals surface area contributed by atoms with Crippen molar-refractivity contribution in [1.82, 2.24) is 4.90 Å². The molecule has 0 aliphatic carbocycles. The van der Waals surface area contributed by atoms with E-state index in [0.29, 0.717) is 43.2 Å². The maximum atomic E-state index is 12.5. The van der Waals surface area contributed by atoms with E-state index in [4.69, 9.17) is 10.5 Å². The second-order valence-electron chi connectivity index (χ2n) is 5.95. The predicted molar refractivity (Wildman–Crippen MR) is 96.4 cm³/mol. The molecule has 1 fully saturated rings. The smallest absolute Gasteiger partial charge is 0.254 e. The molecule has 2 aromatic carbocycles. The van der Waals surface area contributed by atoms with Gasteiger partial charge in [-0.2, -0.15) is 0 Å². The number of nitrogens with one attached hydrogen (secondary N) is 1. The Bertz CT molecular complexity index is 753. The summed E-state index contributed by atoms with van der Waals surface area (Å²) in [5.41, 5.74) is 8.36. The van der Waals surface area contributed by atoms with E-state index in [1.54, 1.807) is 41.3 Å². The maximum absolute atomic E-state index is 12.5. The zero-order valence-electron chi connectivity index (χ0n) is 13.9. The molecule has 1 aliphatic rings. The number of benzene rings is 2. The summed E-state index contributed by atoms with van der Waals surface area (Å²) in [5, 5.41) is 2.84. The third-order valence-electron chi connectivity index (χ3n) is 4.04. The van der Waals surface area contributed by atoms with Crippen molar-refractivity contribution in [3.05, 3.63) is 59.7 Å². The van der Waals surface area contributed by atoms with E-state index < -0.39 is 0 Å². The molecular formula is C19H21N3O3. The number of nitrogens with two attached hydrogens (primary N) is 1. The highest BCUT2D eigenvalue weighted by atomic mass is 16.5. The molecule has 1 saturated heterocycles. The van der Waals surface area contributed by atoms with Gasteiger partial charge in [0.15, 0.2) is 0 Å². The first-order chi connectivity index (χ1) is 12.1. The molecule has 3 N–H and O–H groups in total. The number of hydrogen-bond acceptors (Lipinski definition) is 4. The summed E-state index contributed by atoms with van der Waals surface area (Å²) < 4.78 is 5.27. The van der Waals surface area contributed by atoms with Gasteiger partial charge in [0.05, 0.1) is 19.6 Å². The molecule has 25 heavy (non-hydrogen) atoms. The van der Waals surface area contributed by atoms with E-state index in [0.717, 1.165) is 5.56 Å². The van der Waals surface area contributed by atoms with Crippen molar-refractivity contribution in [3.8, 4) is 0 Å². The average molecular weight is 339 g/mol. The molecule has 2 amide bonds. The fourth-order valence-electron chi connectivity index (χ4n) is 2.71. The Balaban J connectivity index is 1.63. The van der Waals surface area contributed by atoms with Gasteiger partial charge in [-0.15, -0.1) is 0 Å². The Kier molecular flexibility index (Phi) is 5.30. The first kappa shape index (κ1) is 17.0. The van der Waals surface area contributed by atoms with E-state index in [1.165, 1.54) is 0 Å². The zero-order valence-corrected chi connectivity index (χ0v) is 13.9. The van der Waals surface area contributed by atoms with Crippen LogP contribution in [0.25, 0.3) is 0 Å². The number of nitrogens with zero attached hydrogens (tertiary/aromatic N) is 1. The fourth-order valence-corrected chi connectivity index (χ4v) is 2.71. The molecule has 6 nitrogen and oxygen atoms in total. The predicted octanol–water partition coefficient (Wildman–Crippen LogP) is 1.92. The van der Waals surface area contributed by atoms with Gasteiger partial charge >= 0.3 is 0 Å². The van der Waals surface area contributed by atoms with Crippen LogP contribution in [0.15, 0.2) is 48.5 Å². The molecule has 1 heterocycles. The first-order valence-corrected chi connectivity index (χ1v) is 8.23. The van der Waals surface area contributed by atoms with Crippen LogP contribution in [0, 0.1) is 0 Å². The molecule has 2 aromatic rings. The highest BCUT2D eigenvalue weighted by molar-refractivity contribution is 5.97. The number of amides is 2. The van der Waals surface area contributed by atoms with Crippen LogP contribution in [-0.2, 0) is 16.0 Å². The summed E-state index contributed by atoms with van der Waals surface area (Å²) in [6, 6.07) is 14.2. The monoisotopic (exact) mass is 339 g/mol. The van der Waals surface area contributed by atoms with Crippen LogP contribution in [0.3, 0.4) is 0 Å². The topological polar surface area (TPSA) is 84.7 Å². The number of morpholine rings is 1. The van der Waals surface area contributed by atoms with Gasteiger partial charge in [0.25, 0.3) is 5.91 Å². The number of nitrogen functional groups attached to an aromatic ring is 1. The lowest BCUT2D eigenvalue weighted by molar-refractivity contribution is -0.115. The van der Waals surface area contributed by atoms with Gasteiger partial charge in [0.2, 0.25) is 5.91 Å². The van der Waals surface area contributed by atoms with Crippen LogP contribution < -0.4 is 11.1 Å². The molecule has 0 atom stereocenters. The Hall–Kier alpha value is -2.86. The maximum Gasteiger partial charge on any atom is 0.254 e. The molecule has 0 unspecified atom stereocenters. The Morgan fingerprint density at radius 3 is 2.52 bits per heavy atom. The SMILES string of the molecule is Nc1ccc(CC(=O)Nc2cccc(C(=O)N3CCOCC3)c2)cc1. The van der Waals surface area contributed by atoms with Crippen molar-refractivity contribution < 1.29 is 14.3 Å². The lowest BCUT2D eigenvalue weighted by atomic mass is 10.1. The minimum atomic E-state index is -0.138. The second-order valence-corrected chi connectivity index (χ2v) is 5.95. The summed E-state index contributed by atoms with van der Waals surface area (Å²) in [4.78, 5) is 26.5. The minimum absolute atomic E-state index is 0.0436. The average Bonchev–Trinajstić information content (AvgIpc) is 2.64. The number of carbonyl (C=O) groups excluding carboxylic acids is 2. The highest BCUT2D eigenvalue weighted by Crippen LogP contribution is 2.15. The molecule has 6 heteroatoms. The molecule has 1 aliphatic heterocycles. The summed E-state index contributed by atoms with van der Waals surface area (Å²) in [6.45, 7) is 2.30. The van der Waals surface area contributed by atoms with Crippen molar-refractivity contribution in [2.45, 2.75) is 6.42 Å². The van der Waals surface area contributed by atoms with Crippen molar-refractivity contribution in [2.75, 3.05) is 37.4 Å². The van der Waals surface area contributed by atoms with E-state index in [9.17, 15) is 9.59 Å². The highest BCUT2D eigenvalue weighted by Gasteiger charge is 2.18. The summed E-state index contributed by atoms with van der Waals surface area (Å²) >= 11 is 0. The molecule has 0 bridgehead atoms. The second kappa shape index (κ2) is 7.81. The van der Waals surface area contributed by atoms with Crippen LogP contribution in [0.4, 0.5) is 11.4 Å². The first-order valence-electron chi connectivity index (χ1n) is 8.23. The van der Waals surface area contributed by atoms with Gasteiger partial charge in [0.1, 0.15) is 0 Å². The van der Waals surface area contributed by atoms with Crippen LogP contribution in [0.5, 0.6) is 0 Å². The van der Waals surface area contributed by atoms with Crippen molar-refractivity contribution in [3.63, 3.8) is 0 Å². The van der Waals surface area contributed by atoms with Gasteiger partial charge in [-0.1, -0.05) is 18.2 Å². The summed E-state index contributed by atoms with van der Waals surface area (Å²) in [7, 11) is 0. The van der Waals surface area contributed by atoms with Gasteiger partial charge in [-0.25, -0.2) is 0 Å². The number of ether oxygens (including phenoxy) is 1. The van der Waals surface area contributed by atoms with Gasteiger partial charge in [-0.05, 0) is 35.9 Å². The van der Waals surface area contributed by atoms with Crippen molar-refractivity contribution in [2.24, 2.45) is 0 Å². The Morgan fingerprint density at radius 2 is 1.80 bits per heavy atom. The molecular weight excluding hydrogens is 318 g/mol. The van der Waals surface area contributed by atoms with Crippen molar-refractivity contribution in [1.29, 1.82) is 0 Å². The number of anilines is 2. The number of rotatable bonds is 4. The largest absolute Gasteiger partial charge is 0.399 e. The van der Waals surface area contributed by atoms with E-state index in [-0.39, 0.29) is 18.2 Å². The van der Waals surface area contributed by atoms with E-state index >= 15 is 0 Å². The molecule has 0 spiro atoms. The Morgan fingerprint density at radius 1 is 1.08 bits per heavy atom. The Labute approximate surface area is 146 Å². The number of carbonyl (C=O) groups is 2. The minimum Gasteiger partial charge on any atom is -0.399 e. The van der Waals surface area contributed by atoms with Crippen LogP contribution in [-0.4, -0.2) is 43.0 Å². The quantitative estimate of drug-likeness (QED) is 0.834. The van der Waals surface area contributed by atoms with E-state index in [1.807, 2.05) is 12.1 Å². The molecule has 3 rings (SSSR count). The summed E-state index contributed by atoms with van der Waals surface area (Å²) in [6.07, 6.45) is 0.252. The van der Waals surface area contributed by atoms with Gasteiger partial charge in [-0.3, -0.25) is 9.59 Å². The van der Waals surface area contributed by atoms with Crippen LogP contribution >= 0.6 is 0 Å². The summed E-state index contributed by atoms with van der Waals surface area (Å²) in [5.74, 6) is -0.182. The lowest BCUT2D eigenvalue weighted by Gasteiger charge is -2.27. The third kappa shape index (κ3) is 4.58. The van der Waals surface area contributed by atoms with Crippen molar-refractivity contribution >= 4 is 23.2 Å². The normalized spacial score (nSPS) is 14.2. The standard InChI is InChI=1S/C19H21N3O3/c20-16-6-4-14(5-7-16)12-18(23)21-17-3-1-2-15(13-17)19(24)22-8-10-25-11-9-22/h1-7,13H,8-12,20H2,(H,21,23). The molecule has 0 saturated carbocycles. The van der Waals surface area contributed by atoms with E-state index in [2.05, 4.69) is 5.32 Å². The van der Waals surface area contributed by atoms with Crippen LogP contribution in [0.1, 0.15) is 15.9 Å². The zero-order chi connectivity index (χ0) is 17.6. The van der Waals surface area contributed by atoms with Gasteiger partial charge < -0.3 is 20.7 Å². The number of hydrogen-bond donors (Lipinski definition) is 2. The lowest BCUT2D eigenvalue weighted by Crippen LogP contribution is -2.40. The third-order valence-corrected chi connectivity index (χ3v) is 4.04.